The molecule has 0 saturated carbocycles. The van der Waals surface area contributed by atoms with Crippen molar-refractivity contribution in [2.75, 3.05) is 0 Å². The maximum Gasteiger partial charge on any atom is 0.326 e. The van der Waals surface area contributed by atoms with Crippen molar-refractivity contribution in [3.63, 3.8) is 0 Å². The zero-order chi connectivity index (χ0) is 15.8. The molecule has 5 nitrogen and oxygen atoms in total. The van der Waals surface area contributed by atoms with Crippen LogP contribution in [0, 0.1) is 5.41 Å². The fraction of sp³-hybridized carbons (Fsp3) is 0.333. The standard InChI is InChI=1S/C15H16BrNO4/c1-15(2,3)12(14(19)20)17-13(18)10-7-8-5-4-6-9(16)11(8)21-10/h4-7,12H,1-3H3,(H,17,18)(H,19,20)/t12-/m1/s1. The van der Waals surface area contributed by atoms with Gasteiger partial charge in [-0.1, -0.05) is 32.9 Å². The van der Waals surface area contributed by atoms with Gasteiger partial charge in [0, 0.05) is 5.39 Å². The third-order valence-corrected chi connectivity index (χ3v) is 3.73. The number of carboxylic acid groups (broad SMARTS) is 1. The molecule has 0 fully saturated rings. The summed E-state index contributed by atoms with van der Waals surface area (Å²) in [5.41, 5.74) is -0.0426. The van der Waals surface area contributed by atoms with E-state index in [1.165, 1.54) is 0 Å². The summed E-state index contributed by atoms with van der Waals surface area (Å²) >= 11 is 3.35. The summed E-state index contributed by atoms with van der Waals surface area (Å²) in [6, 6.07) is 6.05. The normalized spacial score (nSPS) is 13.1. The Labute approximate surface area is 130 Å². The Morgan fingerprint density at radius 3 is 2.52 bits per heavy atom. The van der Waals surface area contributed by atoms with Crippen molar-refractivity contribution in [2.45, 2.75) is 26.8 Å². The predicted octanol–water partition coefficient (Wildman–Crippen LogP) is 3.42. The van der Waals surface area contributed by atoms with Crippen molar-refractivity contribution < 1.29 is 19.1 Å². The number of hydrogen-bond acceptors (Lipinski definition) is 3. The molecule has 1 aromatic carbocycles. The van der Waals surface area contributed by atoms with E-state index < -0.39 is 23.3 Å². The van der Waals surface area contributed by atoms with E-state index in [9.17, 15) is 14.7 Å². The van der Waals surface area contributed by atoms with Crippen molar-refractivity contribution >= 4 is 38.8 Å². The van der Waals surface area contributed by atoms with E-state index in [1.807, 2.05) is 18.2 Å². The molecule has 0 saturated heterocycles. The molecule has 0 unspecified atom stereocenters. The number of amides is 1. The van der Waals surface area contributed by atoms with E-state index in [0.29, 0.717) is 5.58 Å². The first kappa shape index (κ1) is 15.6. The molecule has 1 heterocycles. The molecule has 1 amide bonds. The average molecular weight is 354 g/mol. The van der Waals surface area contributed by atoms with Crippen LogP contribution in [0.4, 0.5) is 0 Å². The number of aliphatic carboxylic acids is 1. The minimum atomic E-state index is -1.08. The van der Waals surface area contributed by atoms with Gasteiger partial charge in [0.15, 0.2) is 5.76 Å². The van der Waals surface area contributed by atoms with E-state index in [0.717, 1.165) is 9.86 Å². The van der Waals surface area contributed by atoms with Gasteiger partial charge < -0.3 is 14.8 Å². The third kappa shape index (κ3) is 3.26. The number of fused-ring (bicyclic) bond motifs is 1. The van der Waals surface area contributed by atoms with Crippen molar-refractivity contribution in [1.29, 1.82) is 0 Å². The number of carbonyl (C=O) groups is 2. The molecule has 0 aliphatic rings. The number of nitrogens with one attached hydrogen (secondary N) is 1. The Morgan fingerprint density at radius 2 is 2.00 bits per heavy atom. The summed E-state index contributed by atoms with van der Waals surface area (Å²) < 4.78 is 6.24. The summed E-state index contributed by atoms with van der Waals surface area (Å²) in [4.78, 5) is 23.5. The molecular weight excluding hydrogens is 338 g/mol. The van der Waals surface area contributed by atoms with Crippen LogP contribution in [0.15, 0.2) is 33.2 Å². The van der Waals surface area contributed by atoms with Gasteiger partial charge in [0.05, 0.1) is 4.47 Å². The predicted molar refractivity (Wildman–Crippen MR) is 82.3 cm³/mol. The molecule has 2 aromatic rings. The Bertz CT molecular complexity index is 699. The van der Waals surface area contributed by atoms with Gasteiger partial charge in [0.25, 0.3) is 5.91 Å². The third-order valence-electron chi connectivity index (χ3n) is 3.11. The summed E-state index contributed by atoms with van der Waals surface area (Å²) in [5.74, 6) is -1.53. The monoisotopic (exact) mass is 353 g/mol. The summed E-state index contributed by atoms with van der Waals surface area (Å²) in [6.45, 7) is 5.25. The zero-order valence-electron chi connectivity index (χ0n) is 11.9. The first-order valence-electron chi connectivity index (χ1n) is 6.42. The second-order valence-electron chi connectivity index (χ2n) is 5.88. The highest BCUT2D eigenvalue weighted by Gasteiger charge is 2.33. The van der Waals surface area contributed by atoms with Crippen molar-refractivity contribution in [3.05, 3.63) is 34.5 Å². The van der Waals surface area contributed by atoms with E-state index >= 15 is 0 Å². The van der Waals surface area contributed by atoms with Crippen LogP contribution in [0.1, 0.15) is 31.3 Å². The molecule has 112 valence electrons. The number of carbonyl (C=O) groups excluding carboxylic acids is 1. The lowest BCUT2D eigenvalue weighted by Gasteiger charge is -2.27. The van der Waals surface area contributed by atoms with Gasteiger partial charge in [0.1, 0.15) is 11.6 Å². The second-order valence-corrected chi connectivity index (χ2v) is 6.73. The smallest absolute Gasteiger partial charge is 0.326 e. The Morgan fingerprint density at radius 1 is 1.33 bits per heavy atom. The molecule has 21 heavy (non-hydrogen) atoms. The van der Waals surface area contributed by atoms with Crippen LogP contribution in [-0.2, 0) is 4.79 Å². The van der Waals surface area contributed by atoms with Crippen LogP contribution < -0.4 is 5.32 Å². The molecule has 1 atom stereocenters. The molecule has 0 bridgehead atoms. The minimum Gasteiger partial charge on any atom is -0.480 e. The van der Waals surface area contributed by atoms with Gasteiger partial charge in [-0.15, -0.1) is 0 Å². The Balaban J connectivity index is 2.30. The van der Waals surface area contributed by atoms with Crippen LogP contribution in [-0.4, -0.2) is 23.0 Å². The molecule has 6 heteroatoms. The number of carboxylic acids is 1. The lowest BCUT2D eigenvalue weighted by Crippen LogP contribution is -2.49. The zero-order valence-corrected chi connectivity index (χ0v) is 13.5. The van der Waals surface area contributed by atoms with Crippen molar-refractivity contribution in [3.8, 4) is 0 Å². The quantitative estimate of drug-likeness (QED) is 0.885. The molecule has 0 aliphatic heterocycles. The number of benzene rings is 1. The number of halogens is 1. The van der Waals surface area contributed by atoms with E-state index in [1.54, 1.807) is 26.8 Å². The van der Waals surface area contributed by atoms with E-state index in [2.05, 4.69) is 21.2 Å². The van der Waals surface area contributed by atoms with E-state index in [-0.39, 0.29) is 5.76 Å². The van der Waals surface area contributed by atoms with Crippen LogP contribution in [0.3, 0.4) is 0 Å². The molecule has 2 N–H and O–H groups in total. The lowest BCUT2D eigenvalue weighted by atomic mass is 9.87. The molecule has 0 aliphatic carbocycles. The Hall–Kier alpha value is -1.82. The average Bonchev–Trinajstić information content (AvgIpc) is 2.79. The lowest BCUT2D eigenvalue weighted by molar-refractivity contribution is -0.142. The molecule has 0 spiro atoms. The van der Waals surface area contributed by atoms with Gasteiger partial charge in [-0.05, 0) is 33.5 Å². The molecule has 0 radical (unpaired) electrons. The Kier molecular flexibility index (Phi) is 4.09. The largest absolute Gasteiger partial charge is 0.480 e. The maximum atomic E-state index is 12.2. The highest BCUT2D eigenvalue weighted by molar-refractivity contribution is 9.10. The van der Waals surface area contributed by atoms with Crippen LogP contribution in [0.25, 0.3) is 11.0 Å². The second kappa shape index (κ2) is 5.52. The van der Waals surface area contributed by atoms with Gasteiger partial charge in [-0.25, -0.2) is 4.79 Å². The van der Waals surface area contributed by atoms with Gasteiger partial charge in [-0.3, -0.25) is 4.79 Å². The topological polar surface area (TPSA) is 79.5 Å². The van der Waals surface area contributed by atoms with Crippen LogP contribution in [0.2, 0.25) is 0 Å². The SMILES string of the molecule is CC(C)(C)[C@H](NC(=O)c1cc2cccc(Br)c2o1)C(=O)O. The summed E-state index contributed by atoms with van der Waals surface area (Å²) in [6.07, 6.45) is 0. The number of hydrogen-bond donors (Lipinski definition) is 2. The van der Waals surface area contributed by atoms with Gasteiger partial charge >= 0.3 is 5.97 Å². The van der Waals surface area contributed by atoms with Crippen molar-refractivity contribution in [1.82, 2.24) is 5.32 Å². The molecule has 1 aromatic heterocycles. The highest BCUT2D eigenvalue weighted by atomic mass is 79.9. The number of furan rings is 1. The minimum absolute atomic E-state index is 0.0902. The van der Waals surface area contributed by atoms with Gasteiger partial charge in [-0.2, -0.15) is 0 Å². The summed E-state index contributed by atoms with van der Waals surface area (Å²) in [5, 5.41) is 12.5. The highest BCUT2D eigenvalue weighted by Crippen LogP contribution is 2.27. The first-order chi connectivity index (χ1) is 9.70. The van der Waals surface area contributed by atoms with Crippen molar-refractivity contribution in [2.24, 2.45) is 5.41 Å². The molecular formula is C15H16BrNO4. The summed E-state index contributed by atoms with van der Waals surface area (Å²) in [7, 11) is 0. The van der Waals surface area contributed by atoms with E-state index in [4.69, 9.17) is 4.42 Å². The first-order valence-corrected chi connectivity index (χ1v) is 7.21. The number of para-hydroxylation sites is 1. The van der Waals surface area contributed by atoms with Crippen LogP contribution in [0.5, 0.6) is 0 Å². The van der Waals surface area contributed by atoms with Gasteiger partial charge in [0.2, 0.25) is 0 Å². The number of rotatable bonds is 3. The maximum absolute atomic E-state index is 12.2. The fourth-order valence-corrected chi connectivity index (χ4v) is 2.45. The van der Waals surface area contributed by atoms with Crippen LogP contribution >= 0.6 is 15.9 Å². The fourth-order valence-electron chi connectivity index (χ4n) is 1.99. The molecule has 2 rings (SSSR count).